The van der Waals surface area contributed by atoms with Gasteiger partial charge in [0.15, 0.2) is 0 Å². The van der Waals surface area contributed by atoms with Crippen molar-refractivity contribution in [1.29, 1.82) is 0 Å². The van der Waals surface area contributed by atoms with Gasteiger partial charge < -0.3 is 0 Å². The lowest BCUT2D eigenvalue weighted by atomic mass is 9.78. The van der Waals surface area contributed by atoms with Crippen molar-refractivity contribution < 1.29 is 0 Å². The highest BCUT2D eigenvalue weighted by Crippen LogP contribution is 2.37. The lowest BCUT2D eigenvalue weighted by Gasteiger charge is -2.28. The molecule has 1 saturated carbocycles. The number of hydrogen-bond acceptors (Lipinski definition) is 2. The van der Waals surface area contributed by atoms with E-state index in [1.165, 1.54) is 89.9 Å². The number of fused-ring (bicyclic) bond motifs is 1. The van der Waals surface area contributed by atoms with Gasteiger partial charge in [-0.3, -0.25) is 0 Å². The van der Waals surface area contributed by atoms with E-state index in [0.29, 0.717) is 0 Å². The number of unbranched alkanes of at least 4 members (excludes halogenated alkanes) is 4. The molecule has 0 aliphatic heterocycles. The van der Waals surface area contributed by atoms with E-state index >= 15 is 0 Å². The van der Waals surface area contributed by atoms with Gasteiger partial charge in [0.05, 0.1) is 0 Å². The predicted molar refractivity (Wildman–Crippen MR) is 121 cm³/mol. The maximum atomic E-state index is 2.49. The Morgan fingerprint density at radius 3 is 1.88 bits per heavy atom. The van der Waals surface area contributed by atoms with Crippen LogP contribution in [0, 0.1) is 11.8 Å². The summed E-state index contributed by atoms with van der Waals surface area (Å²) in [5.41, 5.74) is 0. The molecule has 2 heteroatoms. The summed E-state index contributed by atoms with van der Waals surface area (Å²) in [6.07, 6.45) is 20.0. The van der Waals surface area contributed by atoms with E-state index < -0.39 is 0 Å². The lowest BCUT2D eigenvalue weighted by molar-refractivity contribution is 0.249. The van der Waals surface area contributed by atoms with Crippen LogP contribution < -0.4 is 0 Å². The normalized spacial score (nSPS) is 20.8. The fourth-order valence-electron chi connectivity index (χ4n) is 4.62. The first-order chi connectivity index (χ1) is 12.8. The number of aryl methyl sites for hydroxylation is 2. The quantitative estimate of drug-likeness (QED) is 0.336. The van der Waals surface area contributed by atoms with Crippen LogP contribution in [0.15, 0.2) is 12.1 Å². The maximum Gasteiger partial charge on any atom is 0.0456 e. The van der Waals surface area contributed by atoms with E-state index in [9.17, 15) is 0 Å². The summed E-state index contributed by atoms with van der Waals surface area (Å²) in [6, 6.07) is 4.94. The van der Waals surface area contributed by atoms with Gasteiger partial charge in [-0.15, -0.1) is 22.7 Å². The topological polar surface area (TPSA) is 0 Å². The van der Waals surface area contributed by atoms with Crippen LogP contribution in [0.1, 0.15) is 101 Å². The average molecular weight is 391 g/mol. The third kappa shape index (κ3) is 6.09. The van der Waals surface area contributed by atoms with E-state index in [4.69, 9.17) is 0 Å². The van der Waals surface area contributed by atoms with Gasteiger partial charge in [0.2, 0.25) is 0 Å². The van der Waals surface area contributed by atoms with Crippen LogP contribution in [0.2, 0.25) is 0 Å². The molecule has 0 unspecified atom stereocenters. The van der Waals surface area contributed by atoms with Crippen LogP contribution in [-0.2, 0) is 12.8 Å². The monoisotopic (exact) mass is 390 g/mol. The Morgan fingerprint density at radius 1 is 0.692 bits per heavy atom. The summed E-state index contributed by atoms with van der Waals surface area (Å²) < 4.78 is 3.08. The van der Waals surface area contributed by atoms with Crippen LogP contribution in [0.25, 0.3) is 9.40 Å². The summed E-state index contributed by atoms with van der Waals surface area (Å²) in [7, 11) is 0. The molecule has 0 saturated heterocycles. The molecule has 0 atom stereocenters. The largest absolute Gasteiger partial charge is 0.139 e. The second kappa shape index (κ2) is 10.9. The molecule has 0 spiro atoms. The zero-order valence-electron chi connectivity index (χ0n) is 17.0. The zero-order chi connectivity index (χ0) is 18.2. The van der Waals surface area contributed by atoms with Crippen molar-refractivity contribution in [2.75, 3.05) is 0 Å². The van der Waals surface area contributed by atoms with Gasteiger partial charge in [-0.05, 0) is 43.2 Å². The molecule has 0 amide bonds. The molecule has 1 fully saturated rings. The van der Waals surface area contributed by atoms with Gasteiger partial charge in [-0.1, -0.05) is 84.5 Å². The van der Waals surface area contributed by atoms with Gasteiger partial charge in [-0.25, -0.2) is 0 Å². The molecule has 2 heterocycles. The minimum Gasteiger partial charge on any atom is -0.139 e. The summed E-state index contributed by atoms with van der Waals surface area (Å²) in [5, 5.41) is 0. The van der Waals surface area contributed by atoms with Gasteiger partial charge in [0.1, 0.15) is 0 Å². The fourth-order valence-corrected chi connectivity index (χ4v) is 7.19. The van der Waals surface area contributed by atoms with Crippen molar-refractivity contribution in [2.24, 2.45) is 11.8 Å². The Bertz CT molecular complexity index is 596. The number of hydrogen-bond donors (Lipinski definition) is 0. The predicted octanol–water partition coefficient (Wildman–Crippen LogP) is 9.01. The van der Waals surface area contributed by atoms with E-state index in [1.807, 2.05) is 11.3 Å². The standard InChI is InChI=1S/C24H38S2/c1-3-5-6-7-8-10-19-11-13-20(14-12-19)15-16-22-18-24-23(26-22)17-21(25-24)9-4-2/h17-20H,3-16H2,1-2H3. The first kappa shape index (κ1) is 20.4. The van der Waals surface area contributed by atoms with Gasteiger partial charge in [-0.2, -0.15) is 0 Å². The SMILES string of the molecule is CCCCCCCC1CCC(CCc2cc3sc(CCC)cc3s2)CC1. The molecule has 0 bridgehead atoms. The second-order valence-electron chi connectivity index (χ2n) is 8.53. The molecule has 146 valence electrons. The summed E-state index contributed by atoms with van der Waals surface area (Å²) >= 11 is 4.09. The van der Waals surface area contributed by atoms with E-state index in [-0.39, 0.29) is 0 Å². The summed E-state index contributed by atoms with van der Waals surface area (Å²) in [4.78, 5) is 3.21. The van der Waals surface area contributed by atoms with Crippen molar-refractivity contribution in [1.82, 2.24) is 0 Å². The van der Waals surface area contributed by atoms with Gasteiger partial charge in [0, 0.05) is 19.2 Å². The van der Waals surface area contributed by atoms with Crippen molar-refractivity contribution in [3.63, 3.8) is 0 Å². The molecule has 0 radical (unpaired) electrons. The fraction of sp³-hybridized carbons (Fsp3) is 0.750. The Balaban J connectivity index is 1.34. The minimum absolute atomic E-state index is 1.00. The maximum absolute atomic E-state index is 2.49. The number of rotatable bonds is 11. The van der Waals surface area contributed by atoms with Crippen molar-refractivity contribution in [3.8, 4) is 0 Å². The molecular formula is C24H38S2. The molecule has 0 N–H and O–H groups in total. The molecular weight excluding hydrogens is 352 g/mol. The van der Waals surface area contributed by atoms with E-state index in [0.717, 1.165) is 11.8 Å². The smallest absolute Gasteiger partial charge is 0.0456 e. The van der Waals surface area contributed by atoms with Crippen molar-refractivity contribution in [2.45, 2.75) is 104 Å². The molecule has 3 rings (SSSR count). The van der Waals surface area contributed by atoms with Crippen LogP contribution >= 0.6 is 22.7 Å². The van der Waals surface area contributed by atoms with Crippen LogP contribution in [0.4, 0.5) is 0 Å². The average Bonchev–Trinajstić information content (AvgIpc) is 3.19. The van der Waals surface area contributed by atoms with Crippen molar-refractivity contribution in [3.05, 3.63) is 21.9 Å². The first-order valence-electron chi connectivity index (χ1n) is 11.3. The molecule has 2 aromatic heterocycles. The first-order valence-corrected chi connectivity index (χ1v) is 12.9. The van der Waals surface area contributed by atoms with Crippen LogP contribution in [0.3, 0.4) is 0 Å². The summed E-state index contributed by atoms with van der Waals surface area (Å²) in [6.45, 7) is 4.59. The minimum atomic E-state index is 1.00. The van der Waals surface area contributed by atoms with E-state index in [1.54, 1.807) is 19.2 Å². The second-order valence-corrected chi connectivity index (χ2v) is 10.9. The van der Waals surface area contributed by atoms with Crippen LogP contribution in [-0.4, -0.2) is 0 Å². The third-order valence-corrected chi connectivity index (χ3v) is 8.70. The highest BCUT2D eigenvalue weighted by Gasteiger charge is 2.21. The number of thiophene rings is 2. The van der Waals surface area contributed by atoms with E-state index in [2.05, 4.69) is 37.3 Å². The molecule has 2 aromatic rings. The molecule has 1 aliphatic carbocycles. The van der Waals surface area contributed by atoms with Crippen molar-refractivity contribution >= 4 is 32.1 Å². The summed E-state index contributed by atoms with van der Waals surface area (Å²) in [5.74, 6) is 2.05. The molecule has 0 nitrogen and oxygen atoms in total. The Labute approximate surface area is 169 Å². The highest BCUT2D eigenvalue weighted by atomic mass is 32.1. The molecule has 0 aromatic carbocycles. The molecule has 26 heavy (non-hydrogen) atoms. The molecule has 1 aliphatic rings. The lowest BCUT2D eigenvalue weighted by Crippen LogP contribution is -2.15. The highest BCUT2D eigenvalue weighted by molar-refractivity contribution is 7.27. The van der Waals surface area contributed by atoms with Gasteiger partial charge >= 0.3 is 0 Å². The Morgan fingerprint density at radius 2 is 1.27 bits per heavy atom. The van der Waals surface area contributed by atoms with Crippen LogP contribution in [0.5, 0.6) is 0 Å². The zero-order valence-corrected chi connectivity index (χ0v) is 18.7. The van der Waals surface area contributed by atoms with Gasteiger partial charge in [0.25, 0.3) is 0 Å². The Kier molecular flexibility index (Phi) is 8.52. The Hall–Kier alpha value is -0.340. The third-order valence-electron chi connectivity index (χ3n) is 6.29.